The van der Waals surface area contributed by atoms with Crippen LogP contribution in [0.25, 0.3) is 10.4 Å². The Bertz CT molecular complexity index is 1070. The van der Waals surface area contributed by atoms with E-state index in [1.54, 1.807) is 0 Å². The number of hydrogen-bond donors (Lipinski definition) is 1. The average molecular weight is 509 g/mol. The Morgan fingerprint density at radius 3 is 2.54 bits per heavy atom. The van der Waals surface area contributed by atoms with Crippen LogP contribution in [0.5, 0.6) is 0 Å². The van der Waals surface area contributed by atoms with E-state index in [9.17, 15) is 14.4 Å². The molecule has 4 fully saturated rings. The molecule has 37 heavy (non-hydrogen) atoms. The third-order valence-corrected chi connectivity index (χ3v) is 8.61. The second-order valence-electron chi connectivity index (χ2n) is 10.9. The highest BCUT2D eigenvalue weighted by Crippen LogP contribution is 2.37. The first kappa shape index (κ1) is 25.7. The molecule has 3 atom stereocenters. The fourth-order valence-corrected chi connectivity index (χ4v) is 6.66. The average Bonchev–Trinajstić information content (AvgIpc) is 3.63. The molecule has 4 aliphatic rings. The lowest BCUT2D eigenvalue weighted by atomic mass is 9.88. The van der Waals surface area contributed by atoms with E-state index in [-0.39, 0.29) is 30.7 Å². The molecular formula is C27H36N6O4. The fraction of sp³-hybridized carbons (Fsp3) is 0.667. The quantitative estimate of drug-likeness (QED) is 0.344. The molecule has 0 bridgehead atoms. The number of carbonyl (C=O) groups excluding carboxylic acids is 3. The Balaban J connectivity index is 1.28. The summed E-state index contributed by atoms with van der Waals surface area (Å²) in [6.45, 7) is 5.60. The summed E-state index contributed by atoms with van der Waals surface area (Å²) in [4.78, 5) is 46.6. The van der Waals surface area contributed by atoms with Crippen LogP contribution in [-0.4, -0.2) is 83.9 Å². The van der Waals surface area contributed by atoms with Gasteiger partial charge < -0.3 is 19.9 Å². The van der Waals surface area contributed by atoms with Crippen molar-refractivity contribution in [1.82, 2.24) is 15.1 Å². The van der Waals surface area contributed by atoms with Gasteiger partial charge in [-0.2, -0.15) is 0 Å². The Labute approximate surface area is 217 Å². The molecule has 3 aliphatic heterocycles. The summed E-state index contributed by atoms with van der Waals surface area (Å²) in [6, 6.07) is 6.42. The van der Waals surface area contributed by atoms with Gasteiger partial charge in [0.2, 0.25) is 5.91 Å². The Hall–Kier alpha value is -2.94. The monoisotopic (exact) mass is 508 g/mol. The van der Waals surface area contributed by atoms with Gasteiger partial charge in [-0.3, -0.25) is 14.4 Å². The van der Waals surface area contributed by atoms with Crippen molar-refractivity contribution in [1.29, 1.82) is 0 Å². The number of carbonyl (C=O) groups is 3. The number of amides is 2. The molecule has 3 heterocycles. The number of ketones is 1. The maximum absolute atomic E-state index is 13.9. The van der Waals surface area contributed by atoms with E-state index >= 15 is 0 Å². The summed E-state index contributed by atoms with van der Waals surface area (Å²) in [5.74, 6) is -0.245. The molecule has 10 nitrogen and oxygen atoms in total. The number of azide groups is 1. The van der Waals surface area contributed by atoms with Gasteiger partial charge in [0.25, 0.3) is 5.91 Å². The number of nitrogens with one attached hydrogen (secondary N) is 1. The number of benzene rings is 1. The molecule has 5 rings (SSSR count). The summed E-state index contributed by atoms with van der Waals surface area (Å²) in [7, 11) is 0. The van der Waals surface area contributed by atoms with Crippen molar-refractivity contribution in [2.75, 3.05) is 32.8 Å². The lowest BCUT2D eigenvalue weighted by molar-refractivity contribution is -0.142. The highest BCUT2D eigenvalue weighted by atomic mass is 16.5. The summed E-state index contributed by atoms with van der Waals surface area (Å²) < 4.78 is 5.56. The van der Waals surface area contributed by atoms with Gasteiger partial charge in [-0.05, 0) is 80.9 Å². The number of ether oxygens (including phenoxy) is 1. The standard InChI is InChI=1S/C27H36N6O4/c1-2-13-32-14-9-19(10-15-32)18-5-7-20(8-6-18)25(35)29-27(11-3-4-12-27)26(36)33-16-21(30-31-28)24-23(33)22(34)17-37-24/h5-8,19,21,23-24H,2-4,9-17H2,1H3,(H,29,35)/t21-,23-,24-/m1/s1. The van der Waals surface area contributed by atoms with Crippen molar-refractivity contribution >= 4 is 17.6 Å². The molecule has 0 radical (unpaired) electrons. The predicted octanol–water partition coefficient (Wildman–Crippen LogP) is 3.18. The number of Topliss-reactive ketones (excluding diaryl/α,β-unsaturated/α-hetero) is 1. The summed E-state index contributed by atoms with van der Waals surface area (Å²) in [5, 5.41) is 6.82. The molecule has 1 aromatic carbocycles. The van der Waals surface area contributed by atoms with Crippen LogP contribution in [0.15, 0.2) is 29.4 Å². The summed E-state index contributed by atoms with van der Waals surface area (Å²) in [5.41, 5.74) is 9.65. The number of piperidine rings is 1. The van der Waals surface area contributed by atoms with E-state index < -0.39 is 23.7 Å². The molecule has 0 aromatic heterocycles. The van der Waals surface area contributed by atoms with Gasteiger partial charge in [0.05, 0.1) is 12.1 Å². The van der Waals surface area contributed by atoms with Gasteiger partial charge in [-0.1, -0.05) is 37.0 Å². The van der Waals surface area contributed by atoms with E-state index in [2.05, 4.69) is 27.2 Å². The van der Waals surface area contributed by atoms with Crippen LogP contribution >= 0.6 is 0 Å². The molecule has 10 heteroatoms. The zero-order chi connectivity index (χ0) is 26.0. The molecule has 1 aromatic rings. The lowest BCUT2D eigenvalue weighted by Gasteiger charge is -2.35. The first-order valence-corrected chi connectivity index (χ1v) is 13.6. The summed E-state index contributed by atoms with van der Waals surface area (Å²) in [6.07, 6.45) is 5.46. The topological polar surface area (TPSA) is 128 Å². The highest BCUT2D eigenvalue weighted by Gasteiger charge is 2.56. The van der Waals surface area contributed by atoms with Crippen LogP contribution in [0.2, 0.25) is 0 Å². The fourth-order valence-electron chi connectivity index (χ4n) is 6.66. The largest absolute Gasteiger partial charge is 0.367 e. The third-order valence-electron chi connectivity index (χ3n) is 8.61. The third kappa shape index (κ3) is 4.98. The molecular weight excluding hydrogens is 472 g/mol. The van der Waals surface area contributed by atoms with Gasteiger partial charge in [-0.15, -0.1) is 0 Å². The van der Waals surface area contributed by atoms with E-state index in [4.69, 9.17) is 10.3 Å². The normalized spacial score (nSPS) is 27.6. The van der Waals surface area contributed by atoms with E-state index in [0.29, 0.717) is 24.3 Å². The second-order valence-corrected chi connectivity index (χ2v) is 10.9. The van der Waals surface area contributed by atoms with Crippen LogP contribution in [0, 0.1) is 0 Å². The van der Waals surface area contributed by atoms with Crippen LogP contribution in [0.3, 0.4) is 0 Å². The summed E-state index contributed by atoms with van der Waals surface area (Å²) >= 11 is 0. The number of rotatable bonds is 7. The number of hydrogen-bond acceptors (Lipinski definition) is 6. The number of nitrogens with zero attached hydrogens (tertiary/aromatic N) is 5. The Morgan fingerprint density at radius 1 is 1.19 bits per heavy atom. The maximum Gasteiger partial charge on any atom is 0.252 e. The van der Waals surface area contributed by atoms with Crippen molar-refractivity contribution in [3.05, 3.63) is 45.8 Å². The molecule has 3 saturated heterocycles. The maximum atomic E-state index is 13.9. The SMILES string of the molecule is CCCN1CCC(c2ccc(C(=O)NC3(C(=O)N4C[C@@H](N=[N+]=[N-])[C@H]5OCC(=O)[C@H]54)CCCC3)cc2)CC1. The minimum atomic E-state index is -1.07. The van der Waals surface area contributed by atoms with Gasteiger partial charge >= 0.3 is 0 Å². The minimum Gasteiger partial charge on any atom is -0.367 e. The van der Waals surface area contributed by atoms with Crippen LogP contribution in [0.1, 0.15) is 73.7 Å². The number of fused-ring (bicyclic) bond motifs is 1. The number of likely N-dealkylation sites (tertiary alicyclic amines) is 2. The highest BCUT2D eigenvalue weighted by molar-refractivity contribution is 6.01. The van der Waals surface area contributed by atoms with E-state index in [1.165, 1.54) is 16.9 Å². The van der Waals surface area contributed by atoms with Crippen molar-refractivity contribution in [3.8, 4) is 0 Å². The van der Waals surface area contributed by atoms with Gasteiger partial charge in [0.15, 0.2) is 5.78 Å². The van der Waals surface area contributed by atoms with Crippen molar-refractivity contribution in [2.24, 2.45) is 5.11 Å². The lowest BCUT2D eigenvalue weighted by Crippen LogP contribution is -2.60. The van der Waals surface area contributed by atoms with Crippen LogP contribution in [0.4, 0.5) is 0 Å². The van der Waals surface area contributed by atoms with Gasteiger partial charge in [-0.25, -0.2) is 0 Å². The van der Waals surface area contributed by atoms with Crippen molar-refractivity contribution < 1.29 is 19.1 Å². The predicted molar refractivity (Wildman–Crippen MR) is 137 cm³/mol. The molecule has 1 N–H and O–H groups in total. The zero-order valence-corrected chi connectivity index (χ0v) is 21.5. The molecule has 2 amide bonds. The Kier molecular flexibility index (Phi) is 7.51. The van der Waals surface area contributed by atoms with Crippen LogP contribution in [-0.2, 0) is 14.3 Å². The zero-order valence-electron chi connectivity index (χ0n) is 21.5. The van der Waals surface area contributed by atoms with Gasteiger partial charge in [0.1, 0.15) is 18.2 Å². The van der Waals surface area contributed by atoms with Crippen molar-refractivity contribution in [2.45, 2.75) is 81.5 Å². The molecule has 1 aliphatic carbocycles. The molecule has 0 spiro atoms. The molecule has 198 valence electrons. The molecule has 1 saturated carbocycles. The first-order chi connectivity index (χ1) is 18.0. The van der Waals surface area contributed by atoms with Gasteiger partial charge in [0, 0.05) is 17.0 Å². The van der Waals surface area contributed by atoms with Crippen molar-refractivity contribution in [3.63, 3.8) is 0 Å². The Morgan fingerprint density at radius 2 is 1.89 bits per heavy atom. The molecule has 0 unspecified atom stereocenters. The second kappa shape index (κ2) is 10.8. The van der Waals surface area contributed by atoms with E-state index in [0.717, 1.165) is 45.3 Å². The first-order valence-electron chi connectivity index (χ1n) is 13.6. The van der Waals surface area contributed by atoms with E-state index in [1.807, 2.05) is 24.3 Å². The van der Waals surface area contributed by atoms with Crippen LogP contribution < -0.4 is 5.32 Å². The minimum absolute atomic E-state index is 0.0973. The smallest absolute Gasteiger partial charge is 0.252 e.